The van der Waals surface area contributed by atoms with Gasteiger partial charge in [-0.2, -0.15) is 0 Å². The monoisotopic (exact) mass is 495 g/mol. The van der Waals surface area contributed by atoms with Gasteiger partial charge in [-0.25, -0.2) is 4.39 Å². The molecule has 4 nitrogen and oxygen atoms in total. The maximum absolute atomic E-state index is 13.4. The topological polar surface area (TPSA) is 35.6 Å². The molecular formula is C26H27BrFN3O. The molecule has 6 heteroatoms. The predicted octanol–water partition coefficient (Wildman–Crippen LogP) is 5.55. The van der Waals surface area contributed by atoms with Gasteiger partial charge in [0.15, 0.2) is 0 Å². The van der Waals surface area contributed by atoms with Gasteiger partial charge in [-0.05, 0) is 60.0 Å². The van der Waals surface area contributed by atoms with Crippen molar-refractivity contribution in [1.29, 1.82) is 0 Å². The van der Waals surface area contributed by atoms with E-state index in [9.17, 15) is 9.18 Å². The smallest absolute Gasteiger partial charge is 0.254 e. The number of fused-ring (bicyclic) bond motifs is 1. The fraction of sp³-hybridized carbons (Fsp3) is 0.269. The molecule has 3 aromatic rings. The molecule has 32 heavy (non-hydrogen) atoms. The number of amides is 1. The Bertz CT molecular complexity index is 1040. The molecule has 0 radical (unpaired) electrons. The molecule has 3 aromatic carbocycles. The van der Waals surface area contributed by atoms with Gasteiger partial charge >= 0.3 is 0 Å². The van der Waals surface area contributed by atoms with Gasteiger partial charge in [-0.15, -0.1) is 0 Å². The molecule has 0 saturated carbocycles. The maximum Gasteiger partial charge on any atom is 0.254 e. The van der Waals surface area contributed by atoms with E-state index in [4.69, 9.17) is 0 Å². The van der Waals surface area contributed by atoms with Crippen LogP contribution in [0.1, 0.15) is 27.9 Å². The summed E-state index contributed by atoms with van der Waals surface area (Å²) in [5.41, 5.74) is 3.87. The first kappa shape index (κ1) is 22.5. The highest BCUT2D eigenvalue weighted by Gasteiger charge is 2.20. The number of hydrogen-bond donors (Lipinski definition) is 1. The molecule has 1 amide bonds. The van der Waals surface area contributed by atoms with Crippen molar-refractivity contribution in [3.05, 3.63) is 99.8 Å². The lowest BCUT2D eigenvalue weighted by Crippen LogP contribution is -2.38. The van der Waals surface area contributed by atoms with E-state index in [2.05, 4.69) is 62.5 Å². The second kappa shape index (κ2) is 10.7. The van der Waals surface area contributed by atoms with Gasteiger partial charge < -0.3 is 10.2 Å². The SMILES string of the molecule is O=C(c1ccc(F)cc1)N1CCN(Cc2ccccc2)CCCNc2ccc(Br)cc2C1. The van der Waals surface area contributed by atoms with E-state index < -0.39 is 0 Å². The van der Waals surface area contributed by atoms with Crippen molar-refractivity contribution >= 4 is 27.5 Å². The van der Waals surface area contributed by atoms with Crippen LogP contribution >= 0.6 is 15.9 Å². The fourth-order valence-electron chi connectivity index (χ4n) is 4.00. The van der Waals surface area contributed by atoms with E-state index in [-0.39, 0.29) is 11.7 Å². The van der Waals surface area contributed by atoms with Crippen LogP contribution in [0.25, 0.3) is 0 Å². The number of carbonyl (C=O) groups excluding carboxylic acids is 1. The quantitative estimate of drug-likeness (QED) is 0.517. The molecule has 0 spiro atoms. The van der Waals surface area contributed by atoms with E-state index >= 15 is 0 Å². The highest BCUT2D eigenvalue weighted by Crippen LogP contribution is 2.24. The number of hydrogen-bond acceptors (Lipinski definition) is 3. The molecule has 1 N–H and O–H groups in total. The zero-order valence-electron chi connectivity index (χ0n) is 17.9. The van der Waals surface area contributed by atoms with Crippen molar-refractivity contribution in [2.75, 3.05) is 31.5 Å². The Labute approximate surface area is 197 Å². The van der Waals surface area contributed by atoms with Gasteiger partial charge in [0, 0.05) is 55.0 Å². The number of halogens is 2. The number of nitrogens with one attached hydrogen (secondary N) is 1. The lowest BCUT2D eigenvalue weighted by molar-refractivity contribution is 0.0720. The number of anilines is 1. The Morgan fingerprint density at radius 1 is 0.969 bits per heavy atom. The first-order valence-electron chi connectivity index (χ1n) is 10.9. The molecule has 0 aromatic heterocycles. The van der Waals surface area contributed by atoms with Crippen molar-refractivity contribution in [2.24, 2.45) is 0 Å². The van der Waals surface area contributed by atoms with Gasteiger partial charge in [0.2, 0.25) is 0 Å². The zero-order valence-corrected chi connectivity index (χ0v) is 19.5. The number of carbonyl (C=O) groups is 1. The lowest BCUT2D eigenvalue weighted by Gasteiger charge is -2.28. The Morgan fingerprint density at radius 3 is 2.53 bits per heavy atom. The van der Waals surface area contributed by atoms with Crippen LogP contribution in [0.4, 0.5) is 10.1 Å². The predicted molar refractivity (Wildman–Crippen MR) is 130 cm³/mol. The standard InChI is InChI=1S/C26H27BrFN3O/c27-23-9-12-25-22(17-23)19-31(26(32)21-7-10-24(28)11-8-21)16-15-30(14-4-13-29-25)18-20-5-2-1-3-6-20/h1-3,5-12,17,29H,4,13-16,18-19H2. The zero-order chi connectivity index (χ0) is 22.3. The van der Waals surface area contributed by atoms with E-state index in [1.807, 2.05) is 17.0 Å². The van der Waals surface area contributed by atoms with Crippen molar-refractivity contribution in [1.82, 2.24) is 9.80 Å². The first-order chi connectivity index (χ1) is 15.6. The summed E-state index contributed by atoms with van der Waals surface area (Å²) in [6.07, 6.45) is 1.01. The van der Waals surface area contributed by atoms with Gasteiger partial charge in [-0.1, -0.05) is 46.3 Å². The number of rotatable bonds is 3. The Hall–Kier alpha value is -2.70. The first-order valence-corrected chi connectivity index (χ1v) is 11.7. The Morgan fingerprint density at radius 2 is 1.75 bits per heavy atom. The molecule has 0 aliphatic carbocycles. The van der Waals surface area contributed by atoms with Crippen molar-refractivity contribution < 1.29 is 9.18 Å². The summed E-state index contributed by atoms with van der Waals surface area (Å²) in [6.45, 7) is 4.49. The molecule has 166 valence electrons. The number of nitrogens with zero attached hydrogens (tertiary/aromatic N) is 2. The van der Waals surface area contributed by atoms with Crippen LogP contribution in [0.5, 0.6) is 0 Å². The third kappa shape index (κ3) is 5.96. The average Bonchev–Trinajstić information content (AvgIpc) is 2.84. The molecule has 1 aliphatic rings. The average molecular weight is 496 g/mol. The lowest BCUT2D eigenvalue weighted by atomic mass is 10.1. The molecule has 0 atom stereocenters. The molecule has 4 rings (SSSR count). The van der Waals surface area contributed by atoms with Crippen molar-refractivity contribution in [2.45, 2.75) is 19.5 Å². The van der Waals surface area contributed by atoms with Gasteiger partial charge in [0.25, 0.3) is 5.91 Å². The third-order valence-corrected chi connectivity index (χ3v) is 6.20. The summed E-state index contributed by atoms with van der Waals surface area (Å²) in [5.74, 6) is -0.429. The van der Waals surface area contributed by atoms with Crippen LogP contribution in [-0.4, -0.2) is 41.9 Å². The fourth-order valence-corrected chi connectivity index (χ4v) is 4.41. The van der Waals surface area contributed by atoms with Crippen LogP contribution in [0, 0.1) is 5.82 Å². The van der Waals surface area contributed by atoms with Crippen LogP contribution < -0.4 is 5.32 Å². The molecule has 0 unspecified atom stereocenters. The van der Waals surface area contributed by atoms with E-state index in [0.717, 1.165) is 48.3 Å². The van der Waals surface area contributed by atoms with Gasteiger partial charge in [0.1, 0.15) is 5.82 Å². The van der Waals surface area contributed by atoms with Crippen molar-refractivity contribution in [3.8, 4) is 0 Å². The van der Waals surface area contributed by atoms with Crippen molar-refractivity contribution in [3.63, 3.8) is 0 Å². The minimum atomic E-state index is -0.341. The summed E-state index contributed by atoms with van der Waals surface area (Å²) < 4.78 is 14.4. The van der Waals surface area contributed by atoms with E-state index in [1.54, 1.807) is 12.1 Å². The highest BCUT2D eigenvalue weighted by atomic mass is 79.9. The summed E-state index contributed by atoms with van der Waals surface area (Å²) >= 11 is 3.56. The second-order valence-electron chi connectivity index (χ2n) is 8.08. The number of benzene rings is 3. The maximum atomic E-state index is 13.4. The van der Waals surface area contributed by atoms with Crippen LogP contribution in [0.3, 0.4) is 0 Å². The Kier molecular flexibility index (Phi) is 7.55. The molecular weight excluding hydrogens is 469 g/mol. The Balaban J connectivity index is 1.59. The van der Waals surface area contributed by atoms with Crippen LogP contribution in [0.15, 0.2) is 77.3 Å². The minimum Gasteiger partial charge on any atom is -0.385 e. The van der Waals surface area contributed by atoms with Crippen LogP contribution in [-0.2, 0) is 13.1 Å². The third-order valence-electron chi connectivity index (χ3n) is 5.71. The summed E-state index contributed by atoms with van der Waals surface area (Å²) in [4.78, 5) is 17.6. The van der Waals surface area contributed by atoms with Gasteiger partial charge in [0.05, 0.1) is 0 Å². The highest BCUT2D eigenvalue weighted by molar-refractivity contribution is 9.10. The minimum absolute atomic E-state index is 0.0881. The molecule has 0 fully saturated rings. The molecule has 1 aliphatic heterocycles. The van der Waals surface area contributed by atoms with E-state index in [1.165, 1.54) is 17.7 Å². The normalized spacial score (nSPS) is 15.4. The molecule has 1 heterocycles. The van der Waals surface area contributed by atoms with Crippen LogP contribution in [0.2, 0.25) is 0 Å². The van der Waals surface area contributed by atoms with E-state index in [0.29, 0.717) is 18.7 Å². The largest absolute Gasteiger partial charge is 0.385 e. The summed E-state index contributed by atoms with van der Waals surface area (Å²) in [6, 6.07) is 22.3. The summed E-state index contributed by atoms with van der Waals surface area (Å²) in [5, 5.41) is 3.54. The van der Waals surface area contributed by atoms with Gasteiger partial charge in [-0.3, -0.25) is 9.69 Å². The molecule has 0 saturated heterocycles. The second-order valence-corrected chi connectivity index (χ2v) is 8.99. The summed E-state index contributed by atoms with van der Waals surface area (Å²) in [7, 11) is 0. The molecule has 0 bridgehead atoms.